The van der Waals surface area contributed by atoms with E-state index in [9.17, 15) is 4.79 Å². The molecule has 0 bridgehead atoms. The maximum Gasteiger partial charge on any atom is 0.281 e. The number of anilines is 2. The van der Waals surface area contributed by atoms with Gasteiger partial charge < -0.3 is 4.90 Å². The van der Waals surface area contributed by atoms with Crippen LogP contribution in [0.5, 0.6) is 0 Å². The lowest BCUT2D eigenvalue weighted by molar-refractivity contribution is 0.878. The molecule has 0 radical (unpaired) electrons. The van der Waals surface area contributed by atoms with Gasteiger partial charge in [0.15, 0.2) is 5.13 Å². The lowest BCUT2D eigenvalue weighted by Crippen LogP contribution is -2.21. The van der Waals surface area contributed by atoms with Gasteiger partial charge in [-0.2, -0.15) is 4.98 Å². The summed E-state index contributed by atoms with van der Waals surface area (Å²) in [6.45, 7) is 2.91. The Balaban J connectivity index is 2.16. The first-order valence-corrected chi connectivity index (χ1v) is 8.31. The predicted molar refractivity (Wildman–Crippen MR) is 94.6 cm³/mol. The lowest BCUT2D eigenvalue weighted by Gasteiger charge is -2.22. The minimum atomic E-state index is -0.211. The number of rotatable bonds is 4. The Morgan fingerprint density at radius 3 is 2.68 bits per heavy atom. The van der Waals surface area contributed by atoms with Gasteiger partial charge in [-0.05, 0) is 36.8 Å². The van der Waals surface area contributed by atoms with Crippen LogP contribution in [0, 0.1) is 0 Å². The Hall–Kier alpha value is -1.91. The van der Waals surface area contributed by atoms with Crippen LogP contribution in [-0.4, -0.2) is 11.5 Å². The molecule has 1 heterocycles. The summed E-state index contributed by atoms with van der Waals surface area (Å²) in [5.74, 6) is 0. The van der Waals surface area contributed by atoms with Crippen molar-refractivity contribution in [2.45, 2.75) is 13.3 Å². The molecule has 0 saturated carbocycles. The van der Waals surface area contributed by atoms with Crippen molar-refractivity contribution < 1.29 is 0 Å². The molecule has 3 nitrogen and oxygen atoms in total. The van der Waals surface area contributed by atoms with Gasteiger partial charge in [-0.3, -0.25) is 4.79 Å². The standard InChI is InChI=1S/C17H15ClN2OS/c1-2-10-20(13-6-4-3-5-7-13)17-19-16(21)14-9-8-12(18)11-15(14)22-17/h3-9,11H,2,10H2,1H3. The summed E-state index contributed by atoms with van der Waals surface area (Å²) in [7, 11) is 0. The molecular formula is C17H15ClN2OS. The molecule has 0 N–H and O–H groups in total. The zero-order valence-corrected chi connectivity index (χ0v) is 13.7. The van der Waals surface area contributed by atoms with Crippen LogP contribution in [0.3, 0.4) is 0 Å². The topological polar surface area (TPSA) is 33.2 Å². The molecule has 0 amide bonds. The van der Waals surface area contributed by atoms with Crippen LogP contribution in [0.2, 0.25) is 5.02 Å². The van der Waals surface area contributed by atoms with E-state index < -0.39 is 0 Å². The summed E-state index contributed by atoms with van der Waals surface area (Å²) in [6.07, 6.45) is 0.963. The highest BCUT2D eigenvalue weighted by atomic mass is 35.5. The first kappa shape index (κ1) is 15.0. The van der Waals surface area contributed by atoms with E-state index in [1.807, 2.05) is 36.4 Å². The monoisotopic (exact) mass is 330 g/mol. The summed E-state index contributed by atoms with van der Waals surface area (Å²) in [6, 6.07) is 15.3. The lowest BCUT2D eigenvalue weighted by atomic mass is 10.3. The number of fused-ring (bicyclic) bond motifs is 1. The average molecular weight is 331 g/mol. The van der Waals surface area contributed by atoms with Crippen LogP contribution >= 0.6 is 22.9 Å². The van der Waals surface area contributed by atoms with Gasteiger partial charge in [0.25, 0.3) is 5.56 Å². The Labute approximate surface area is 137 Å². The fourth-order valence-corrected chi connectivity index (χ4v) is 3.63. The number of aromatic nitrogens is 1. The second-order valence-electron chi connectivity index (χ2n) is 4.93. The summed E-state index contributed by atoms with van der Waals surface area (Å²) in [5.41, 5.74) is 0.825. The van der Waals surface area contributed by atoms with Crippen molar-refractivity contribution in [1.82, 2.24) is 4.98 Å². The van der Waals surface area contributed by atoms with Crippen LogP contribution in [0.25, 0.3) is 10.1 Å². The number of nitrogens with zero attached hydrogens (tertiary/aromatic N) is 2. The molecule has 0 saturated heterocycles. The largest absolute Gasteiger partial charge is 0.318 e. The van der Waals surface area contributed by atoms with Gasteiger partial charge in [-0.25, -0.2) is 0 Å². The van der Waals surface area contributed by atoms with E-state index in [0.29, 0.717) is 15.5 Å². The fraction of sp³-hybridized carbons (Fsp3) is 0.176. The maximum atomic E-state index is 12.3. The van der Waals surface area contributed by atoms with E-state index in [0.717, 1.165) is 23.4 Å². The van der Waals surface area contributed by atoms with E-state index in [1.165, 1.54) is 11.3 Å². The van der Waals surface area contributed by atoms with Crippen LogP contribution in [0.15, 0.2) is 53.3 Å². The molecule has 5 heteroatoms. The maximum absolute atomic E-state index is 12.3. The van der Waals surface area contributed by atoms with Crippen molar-refractivity contribution in [2.24, 2.45) is 0 Å². The molecule has 2 aromatic carbocycles. The highest BCUT2D eigenvalue weighted by Crippen LogP contribution is 2.30. The molecule has 112 valence electrons. The molecule has 22 heavy (non-hydrogen) atoms. The van der Waals surface area contributed by atoms with Crippen LogP contribution in [0.4, 0.5) is 10.8 Å². The summed E-state index contributed by atoms with van der Waals surface area (Å²) < 4.78 is 0.861. The fourth-order valence-electron chi connectivity index (χ4n) is 2.31. The third-order valence-corrected chi connectivity index (χ3v) is 4.61. The number of halogens is 1. The van der Waals surface area contributed by atoms with Gasteiger partial charge in [-0.15, -0.1) is 0 Å². The minimum absolute atomic E-state index is 0.211. The van der Waals surface area contributed by atoms with Crippen LogP contribution in [0.1, 0.15) is 13.3 Å². The molecule has 0 unspecified atom stereocenters. The number of para-hydroxylation sites is 1. The number of hydrogen-bond donors (Lipinski definition) is 0. The van der Waals surface area contributed by atoms with Gasteiger partial charge >= 0.3 is 0 Å². The van der Waals surface area contributed by atoms with Gasteiger partial charge in [0.05, 0.1) is 5.39 Å². The SMILES string of the molecule is CCCN(c1ccccc1)c1nc(=O)c2ccc(Cl)cc2s1. The van der Waals surface area contributed by atoms with Gasteiger partial charge in [0.1, 0.15) is 0 Å². The minimum Gasteiger partial charge on any atom is -0.318 e. The van der Waals surface area contributed by atoms with Crippen molar-refractivity contribution in [1.29, 1.82) is 0 Å². The Morgan fingerprint density at radius 2 is 1.95 bits per heavy atom. The molecule has 0 fully saturated rings. The molecule has 0 aliphatic rings. The third kappa shape index (κ3) is 2.98. The zero-order valence-electron chi connectivity index (χ0n) is 12.1. The molecule has 0 spiro atoms. The summed E-state index contributed by atoms with van der Waals surface area (Å²) in [4.78, 5) is 18.6. The molecule has 3 rings (SSSR count). The van der Waals surface area contributed by atoms with Gasteiger partial charge in [0.2, 0.25) is 0 Å². The number of hydrogen-bond acceptors (Lipinski definition) is 4. The zero-order chi connectivity index (χ0) is 15.5. The smallest absolute Gasteiger partial charge is 0.281 e. The summed E-state index contributed by atoms with van der Waals surface area (Å²) >= 11 is 7.54. The first-order valence-electron chi connectivity index (χ1n) is 7.12. The molecule has 1 aromatic heterocycles. The molecule has 3 aromatic rings. The molecule has 0 aliphatic heterocycles. The summed E-state index contributed by atoms with van der Waals surface area (Å²) in [5, 5.41) is 1.94. The van der Waals surface area contributed by atoms with Gasteiger partial charge in [0, 0.05) is 22.0 Å². The molecule has 0 atom stereocenters. The Bertz CT molecular complexity index is 848. The van der Waals surface area contributed by atoms with Crippen molar-refractivity contribution >= 4 is 43.8 Å². The van der Waals surface area contributed by atoms with E-state index in [2.05, 4.69) is 16.8 Å². The number of benzene rings is 2. The van der Waals surface area contributed by atoms with Crippen molar-refractivity contribution in [3.63, 3.8) is 0 Å². The third-order valence-electron chi connectivity index (χ3n) is 3.32. The molecular weight excluding hydrogens is 316 g/mol. The van der Waals surface area contributed by atoms with Crippen molar-refractivity contribution in [3.05, 3.63) is 63.9 Å². The average Bonchev–Trinajstić information content (AvgIpc) is 2.53. The van der Waals surface area contributed by atoms with Gasteiger partial charge in [-0.1, -0.05) is 48.1 Å². The Kier molecular flexibility index (Phi) is 4.41. The van der Waals surface area contributed by atoms with E-state index in [4.69, 9.17) is 11.6 Å². The normalized spacial score (nSPS) is 10.8. The highest BCUT2D eigenvalue weighted by molar-refractivity contribution is 7.21. The quantitative estimate of drug-likeness (QED) is 0.685. The van der Waals surface area contributed by atoms with E-state index in [-0.39, 0.29) is 5.56 Å². The predicted octanol–water partition coefficient (Wildman–Crippen LogP) is 4.86. The van der Waals surface area contributed by atoms with Crippen molar-refractivity contribution in [3.8, 4) is 0 Å². The van der Waals surface area contributed by atoms with Crippen LogP contribution < -0.4 is 10.5 Å². The van der Waals surface area contributed by atoms with Crippen LogP contribution in [-0.2, 0) is 0 Å². The van der Waals surface area contributed by atoms with Crippen molar-refractivity contribution in [2.75, 3.05) is 11.4 Å². The molecule has 0 aliphatic carbocycles. The highest BCUT2D eigenvalue weighted by Gasteiger charge is 2.13. The van der Waals surface area contributed by atoms with E-state index >= 15 is 0 Å². The Morgan fingerprint density at radius 1 is 1.18 bits per heavy atom. The second-order valence-corrected chi connectivity index (χ2v) is 6.37. The second kappa shape index (κ2) is 6.46. The first-order chi connectivity index (χ1) is 10.7. The van der Waals surface area contributed by atoms with E-state index in [1.54, 1.807) is 12.1 Å².